The fourth-order valence-electron chi connectivity index (χ4n) is 11.4. The Morgan fingerprint density at radius 3 is 1.56 bits per heavy atom. The van der Waals surface area contributed by atoms with Crippen molar-refractivity contribution in [3.8, 4) is 0 Å². The number of aliphatic imine (C=N–C) groups is 1. The first-order valence-electron chi connectivity index (χ1n) is 24.2. The Labute approximate surface area is 387 Å². The van der Waals surface area contributed by atoms with Crippen LogP contribution in [0.4, 0.5) is 0 Å². The molecule has 0 amide bonds. The average Bonchev–Trinajstić information content (AvgIpc) is 3.33. The zero-order valence-corrected chi connectivity index (χ0v) is 40.9. The van der Waals surface area contributed by atoms with Crippen LogP contribution in [0.1, 0.15) is 164 Å². The van der Waals surface area contributed by atoms with Crippen molar-refractivity contribution in [3.63, 3.8) is 0 Å². The molecule has 1 unspecified atom stereocenters. The Hall–Kier alpha value is -5.21. The third-order valence-corrected chi connectivity index (χ3v) is 15.4. The molecule has 0 aromatic heterocycles. The minimum Gasteiger partial charge on any atom is -0.247 e. The second-order valence-electron chi connectivity index (χ2n) is 21.6. The molecule has 1 aliphatic heterocycles. The number of rotatable bonds is 4. The number of allylic oxidation sites excluding steroid dienone is 7. The fraction of sp³-hybridized carbons (Fsp3) is 0.371. The summed E-state index contributed by atoms with van der Waals surface area (Å²) in [7, 11) is 7.93. The first-order chi connectivity index (χ1) is 30.4. The lowest BCUT2D eigenvalue weighted by Gasteiger charge is -2.28. The van der Waals surface area contributed by atoms with Crippen LogP contribution in [0.25, 0.3) is 22.3 Å². The monoisotopic (exact) mass is 838 g/mol. The van der Waals surface area contributed by atoms with E-state index < -0.39 is 0 Å². The highest BCUT2D eigenvalue weighted by molar-refractivity contribution is 6.26. The van der Waals surface area contributed by atoms with Gasteiger partial charge in [0.15, 0.2) is 0 Å². The van der Waals surface area contributed by atoms with Gasteiger partial charge in [-0.1, -0.05) is 145 Å². The molecule has 1 heterocycles. The maximum atomic E-state index is 7.93. The second kappa shape index (κ2) is 16.7. The van der Waals surface area contributed by atoms with E-state index in [2.05, 4.69) is 174 Å². The molecule has 1 atom stereocenters. The zero-order valence-electron chi connectivity index (χ0n) is 40.9. The van der Waals surface area contributed by atoms with Crippen molar-refractivity contribution in [3.05, 3.63) is 197 Å². The van der Waals surface area contributed by atoms with Crippen molar-refractivity contribution in [1.82, 2.24) is 0 Å². The Bertz CT molecular complexity index is 2850. The molecular weight excluding hydrogens is 770 g/mol. The first-order valence-corrected chi connectivity index (χ1v) is 24.2. The van der Waals surface area contributed by atoms with E-state index in [0.717, 1.165) is 62.8 Å². The van der Waals surface area contributed by atoms with E-state index in [0.29, 0.717) is 0 Å². The van der Waals surface area contributed by atoms with Gasteiger partial charge in [-0.15, -0.1) is 0 Å². The van der Waals surface area contributed by atoms with E-state index >= 15 is 0 Å². The summed E-state index contributed by atoms with van der Waals surface area (Å²) >= 11 is 0. The van der Waals surface area contributed by atoms with E-state index in [1.54, 1.807) is 0 Å². The maximum Gasteiger partial charge on any atom is 0.0800 e. The van der Waals surface area contributed by atoms with Crippen molar-refractivity contribution in [1.29, 1.82) is 0 Å². The summed E-state index contributed by atoms with van der Waals surface area (Å²) in [5.74, 6) is -0.224. The molecule has 64 heavy (non-hydrogen) atoms. The molecule has 1 nitrogen and oxygen atoms in total. The summed E-state index contributed by atoms with van der Waals surface area (Å²) in [6.45, 7) is 27.7. The number of hydrogen-bond acceptors (Lipinski definition) is 1. The largest absolute Gasteiger partial charge is 0.247 e. The van der Waals surface area contributed by atoms with E-state index in [-0.39, 0.29) is 16.6 Å². The van der Waals surface area contributed by atoms with Crippen LogP contribution < -0.4 is 0 Å². The van der Waals surface area contributed by atoms with Crippen molar-refractivity contribution in [2.45, 2.75) is 151 Å². The van der Waals surface area contributed by atoms with Crippen LogP contribution in [0.15, 0.2) is 118 Å². The minimum absolute atomic E-state index is 0.0356. The summed E-state index contributed by atoms with van der Waals surface area (Å²) < 4.78 is 0. The van der Waals surface area contributed by atoms with E-state index in [4.69, 9.17) is 12.8 Å². The Morgan fingerprint density at radius 2 is 1.02 bits per heavy atom. The molecule has 0 spiro atoms. The van der Waals surface area contributed by atoms with Gasteiger partial charge < -0.3 is 0 Å². The summed E-state index contributed by atoms with van der Waals surface area (Å²) in [5, 5.41) is 0. The standard InChI is InChI=1S/C62H68BN/c1-36-22-32-48-46(40(36)5)18-14-20-50-49(48)34-35-53(63)57(55(50)42-24-28-44(29-25-42)61(7,8)9)58(54-38(3)16-13-17-39(54)4)60-56(43-26-30-45(31-27-43)62(10,11)12)52-21-15-19-47-41(6)37(2)23-33-51(47)59(52)64-60/h13,16-17,22-33,53H,14-15,18-21,34-35H2,1-12H3/b60-58-. The Kier molecular flexibility index (Phi) is 11.5. The van der Waals surface area contributed by atoms with Gasteiger partial charge in [-0.2, -0.15) is 0 Å². The first kappa shape index (κ1) is 44.0. The van der Waals surface area contributed by atoms with Crippen LogP contribution >= 0.6 is 0 Å². The summed E-state index contributed by atoms with van der Waals surface area (Å²) in [6.07, 6.45) is 8.12. The van der Waals surface area contributed by atoms with E-state index in [1.165, 1.54) is 122 Å². The van der Waals surface area contributed by atoms with Crippen LogP contribution in [0.3, 0.4) is 0 Å². The van der Waals surface area contributed by atoms with E-state index in [1.807, 2.05) is 0 Å². The average molecular weight is 838 g/mol. The predicted molar refractivity (Wildman–Crippen MR) is 277 cm³/mol. The molecule has 0 bridgehead atoms. The summed E-state index contributed by atoms with van der Waals surface area (Å²) in [5.41, 5.74) is 31.9. The Balaban J connectivity index is 1.47. The van der Waals surface area contributed by atoms with Crippen LogP contribution in [0.5, 0.6) is 0 Å². The Morgan fingerprint density at radius 1 is 0.516 bits per heavy atom. The van der Waals surface area contributed by atoms with Gasteiger partial charge in [-0.05, 0) is 203 Å². The molecule has 2 heteroatoms. The second-order valence-corrected chi connectivity index (χ2v) is 21.6. The normalized spacial score (nSPS) is 18.8. The molecule has 0 saturated heterocycles. The highest BCUT2D eigenvalue weighted by atomic mass is 14.8. The molecule has 5 aromatic carbocycles. The highest BCUT2D eigenvalue weighted by Crippen LogP contribution is 2.55. The molecule has 4 aliphatic rings. The number of fused-ring (bicyclic) bond motifs is 5. The third-order valence-electron chi connectivity index (χ3n) is 15.4. The minimum atomic E-state index is -0.224. The quantitative estimate of drug-likeness (QED) is 0.160. The van der Waals surface area contributed by atoms with Gasteiger partial charge in [0.2, 0.25) is 0 Å². The van der Waals surface area contributed by atoms with Gasteiger partial charge in [-0.25, -0.2) is 4.99 Å². The molecule has 5 aromatic rings. The van der Waals surface area contributed by atoms with Crippen molar-refractivity contribution in [2.75, 3.05) is 0 Å². The number of nitrogens with zero attached hydrogens (tertiary/aromatic N) is 1. The van der Waals surface area contributed by atoms with Crippen molar-refractivity contribution in [2.24, 2.45) is 4.99 Å². The van der Waals surface area contributed by atoms with Crippen molar-refractivity contribution < 1.29 is 0 Å². The molecule has 0 N–H and O–H groups in total. The smallest absolute Gasteiger partial charge is 0.0800 e. The van der Waals surface area contributed by atoms with Crippen LogP contribution in [-0.4, -0.2) is 13.6 Å². The predicted octanol–water partition coefficient (Wildman–Crippen LogP) is 16.1. The van der Waals surface area contributed by atoms with Crippen LogP contribution in [0.2, 0.25) is 5.82 Å². The molecular formula is C62H68BN. The zero-order chi connectivity index (χ0) is 45.4. The lowest BCUT2D eigenvalue weighted by molar-refractivity contribution is 0.590. The molecule has 0 fully saturated rings. The van der Waals surface area contributed by atoms with Gasteiger partial charge in [0.25, 0.3) is 0 Å². The van der Waals surface area contributed by atoms with Crippen molar-refractivity contribution >= 4 is 35.9 Å². The third kappa shape index (κ3) is 7.67. The summed E-state index contributed by atoms with van der Waals surface area (Å²) in [4.78, 5) is 6.08. The topological polar surface area (TPSA) is 12.4 Å². The number of aryl methyl sites for hydroxylation is 4. The lowest BCUT2D eigenvalue weighted by Crippen LogP contribution is -2.12. The number of benzene rings is 5. The SMILES string of the molecule is [B]C1CCC2=C(CCCc3c2ccc(C)c3C)C(c2ccc(C(C)(C)C)cc2)=C1/C(=C1\N=C2C(=C1c1ccc(C(C)(C)C)cc1)CCCc1c2ccc(C)c1C)c1c(C)cccc1C. The van der Waals surface area contributed by atoms with Gasteiger partial charge in [-0.3, -0.25) is 0 Å². The van der Waals surface area contributed by atoms with Gasteiger partial charge in [0.05, 0.1) is 19.3 Å². The van der Waals surface area contributed by atoms with E-state index in [9.17, 15) is 0 Å². The molecule has 2 radical (unpaired) electrons. The molecule has 3 aliphatic carbocycles. The molecule has 0 saturated carbocycles. The lowest BCUT2D eigenvalue weighted by atomic mass is 9.69. The maximum absolute atomic E-state index is 7.93. The van der Waals surface area contributed by atoms with Gasteiger partial charge in [0, 0.05) is 16.7 Å². The highest BCUT2D eigenvalue weighted by Gasteiger charge is 2.37. The fourth-order valence-corrected chi connectivity index (χ4v) is 11.4. The van der Waals surface area contributed by atoms with Crippen LogP contribution in [0, 0.1) is 41.5 Å². The van der Waals surface area contributed by atoms with Gasteiger partial charge >= 0.3 is 0 Å². The summed E-state index contributed by atoms with van der Waals surface area (Å²) in [6, 6.07) is 35.3. The molecule has 324 valence electrons. The van der Waals surface area contributed by atoms with Crippen LogP contribution in [-0.2, 0) is 23.7 Å². The molecule has 9 rings (SSSR count). The van der Waals surface area contributed by atoms with Gasteiger partial charge in [0.1, 0.15) is 0 Å². The number of hydrogen-bond donors (Lipinski definition) is 0.